The van der Waals surface area contributed by atoms with Gasteiger partial charge in [-0.05, 0) is 50.3 Å². The van der Waals surface area contributed by atoms with E-state index >= 15 is 0 Å². The summed E-state index contributed by atoms with van der Waals surface area (Å²) in [6.45, 7) is 4.35. The molecule has 0 fully saturated rings. The van der Waals surface area contributed by atoms with Crippen molar-refractivity contribution in [2.75, 3.05) is 0 Å². The molecule has 29 heavy (non-hydrogen) atoms. The highest BCUT2D eigenvalue weighted by atomic mass is 32.1. The van der Waals surface area contributed by atoms with E-state index in [9.17, 15) is 4.79 Å². The zero-order chi connectivity index (χ0) is 20.4. The lowest BCUT2D eigenvalue weighted by atomic mass is 10.2. The van der Waals surface area contributed by atoms with Crippen LogP contribution in [0.25, 0.3) is 11.4 Å². The molecule has 0 radical (unpaired) electrons. The van der Waals surface area contributed by atoms with Gasteiger partial charge in [-0.2, -0.15) is 5.10 Å². The molecule has 2 N–H and O–H groups in total. The van der Waals surface area contributed by atoms with E-state index < -0.39 is 0 Å². The Bertz CT molecular complexity index is 1210. The quantitative estimate of drug-likeness (QED) is 0.489. The van der Waals surface area contributed by atoms with Crippen LogP contribution < -0.4 is 5.32 Å². The summed E-state index contributed by atoms with van der Waals surface area (Å²) >= 11 is 5.36. The molecule has 0 unspecified atom stereocenters. The van der Waals surface area contributed by atoms with Crippen molar-refractivity contribution in [2.24, 2.45) is 0 Å². The highest BCUT2D eigenvalue weighted by Gasteiger charge is 2.17. The number of hydrogen-bond acceptors (Lipinski definition) is 3. The molecule has 146 valence electrons. The highest BCUT2D eigenvalue weighted by Crippen LogP contribution is 2.18. The van der Waals surface area contributed by atoms with Crippen molar-refractivity contribution in [1.29, 1.82) is 0 Å². The Hall–Kier alpha value is -3.45. The molecule has 4 aromatic rings. The molecule has 2 aromatic carbocycles. The van der Waals surface area contributed by atoms with E-state index in [1.165, 1.54) is 0 Å². The fraction of sp³-hybridized carbons (Fsp3) is 0.136. The van der Waals surface area contributed by atoms with Crippen LogP contribution in [0.1, 0.15) is 27.4 Å². The first kappa shape index (κ1) is 18.9. The number of nitrogens with zero attached hydrogens (tertiary/aromatic N) is 3. The van der Waals surface area contributed by atoms with E-state index in [0.29, 0.717) is 17.0 Å². The first-order chi connectivity index (χ1) is 14.1. The summed E-state index contributed by atoms with van der Waals surface area (Å²) in [5.41, 5.74) is 5.19. The van der Waals surface area contributed by atoms with Crippen LogP contribution in [0.15, 0.2) is 66.9 Å². The van der Waals surface area contributed by atoms with E-state index in [0.717, 1.165) is 28.3 Å². The molecule has 0 spiro atoms. The number of aryl methyl sites for hydroxylation is 1. The maximum absolute atomic E-state index is 12.9. The zero-order valence-electron chi connectivity index (χ0n) is 16.2. The standard InChI is InChI=1S/C22H21N5OS/c1-15-19(16(2)27(25-15)18-11-7-4-8-12-18)13-23-21(28)20-14-24-22(29)26(20)17-9-5-3-6-10-17/h3-12,14H,13H2,1-2H3,(H,23,28)(H,24,29). The van der Waals surface area contributed by atoms with Gasteiger partial charge in [0.1, 0.15) is 5.69 Å². The topological polar surface area (TPSA) is 67.6 Å². The molecular weight excluding hydrogens is 382 g/mol. The van der Waals surface area contributed by atoms with Crippen molar-refractivity contribution in [2.45, 2.75) is 20.4 Å². The van der Waals surface area contributed by atoms with Crippen LogP contribution in [-0.2, 0) is 6.54 Å². The lowest BCUT2D eigenvalue weighted by Gasteiger charge is -2.10. The molecule has 0 saturated heterocycles. The lowest BCUT2D eigenvalue weighted by Crippen LogP contribution is -2.25. The van der Waals surface area contributed by atoms with Gasteiger partial charge in [-0.3, -0.25) is 9.36 Å². The first-order valence-electron chi connectivity index (χ1n) is 9.31. The summed E-state index contributed by atoms with van der Waals surface area (Å²) in [7, 11) is 0. The number of aromatic amines is 1. The molecule has 6 nitrogen and oxygen atoms in total. The van der Waals surface area contributed by atoms with Gasteiger partial charge in [0, 0.05) is 29.7 Å². The molecule has 2 aromatic heterocycles. The van der Waals surface area contributed by atoms with E-state index in [1.807, 2.05) is 79.2 Å². The van der Waals surface area contributed by atoms with Crippen molar-refractivity contribution >= 4 is 18.1 Å². The molecule has 4 rings (SSSR count). The van der Waals surface area contributed by atoms with Crippen molar-refractivity contribution in [3.8, 4) is 11.4 Å². The Morgan fingerprint density at radius 2 is 1.66 bits per heavy atom. The van der Waals surface area contributed by atoms with Crippen molar-refractivity contribution < 1.29 is 4.79 Å². The Kier molecular flexibility index (Phi) is 5.14. The van der Waals surface area contributed by atoms with E-state index in [2.05, 4.69) is 15.4 Å². The molecular formula is C22H21N5OS. The van der Waals surface area contributed by atoms with Gasteiger partial charge in [-0.1, -0.05) is 36.4 Å². The predicted molar refractivity (Wildman–Crippen MR) is 115 cm³/mol. The molecule has 1 amide bonds. The average Bonchev–Trinajstić information content (AvgIpc) is 3.27. The molecule has 0 saturated carbocycles. The SMILES string of the molecule is Cc1nn(-c2ccccc2)c(C)c1CNC(=O)c1c[nH]c(=S)n1-c1ccccc1. The van der Waals surface area contributed by atoms with Crippen LogP contribution in [0.4, 0.5) is 0 Å². The normalized spacial score (nSPS) is 10.8. The number of rotatable bonds is 5. The Morgan fingerprint density at radius 1 is 1.03 bits per heavy atom. The van der Waals surface area contributed by atoms with Crippen LogP contribution in [0.2, 0.25) is 0 Å². The Morgan fingerprint density at radius 3 is 2.31 bits per heavy atom. The summed E-state index contributed by atoms with van der Waals surface area (Å²) in [4.78, 5) is 15.9. The van der Waals surface area contributed by atoms with E-state index in [-0.39, 0.29) is 5.91 Å². The smallest absolute Gasteiger partial charge is 0.270 e. The van der Waals surface area contributed by atoms with Crippen LogP contribution in [0.5, 0.6) is 0 Å². The summed E-state index contributed by atoms with van der Waals surface area (Å²) in [6, 6.07) is 19.5. The molecule has 0 aliphatic heterocycles. The second-order valence-corrected chi connectivity index (χ2v) is 7.12. The Balaban J connectivity index is 1.58. The molecule has 0 aliphatic rings. The fourth-order valence-electron chi connectivity index (χ4n) is 3.38. The Labute approximate surface area is 173 Å². The number of nitrogens with one attached hydrogen (secondary N) is 2. The number of para-hydroxylation sites is 2. The monoisotopic (exact) mass is 403 g/mol. The van der Waals surface area contributed by atoms with Crippen molar-refractivity contribution in [3.05, 3.63) is 94.3 Å². The fourth-order valence-corrected chi connectivity index (χ4v) is 3.64. The van der Waals surface area contributed by atoms with Gasteiger partial charge in [-0.15, -0.1) is 0 Å². The molecule has 0 aliphatic carbocycles. The molecule has 0 bridgehead atoms. The van der Waals surface area contributed by atoms with Crippen molar-refractivity contribution in [1.82, 2.24) is 24.6 Å². The van der Waals surface area contributed by atoms with Crippen LogP contribution in [0, 0.1) is 18.6 Å². The third kappa shape index (κ3) is 3.64. The maximum atomic E-state index is 12.9. The van der Waals surface area contributed by atoms with Gasteiger partial charge in [0.2, 0.25) is 0 Å². The molecule has 0 atom stereocenters. The highest BCUT2D eigenvalue weighted by molar-refractivity contribution is 7.71. The summed E-state index contributed by atoms with van der Waals surface area (Å²) < 4.78 is 4.11. The van der Waals surface area contributed by atoms with Crippen molar-refractivity contribution in [3.63, 3.8) is 0 Å². The number of aromatic nitrogens is 4. The van der Waals surface area contributed by atoms with Gasteiger partial charge in [-0.25, -0.2) is 4.68 Å². The second kappa shape index (κ2) is 7.89. The predicted octanol–water partition coefficient (Wildman–Crippen LogP) is 4.27. The van der Waals surface area contributed by atoms with Gasteiger partial charge >= 0.3 is 0 Å². The van der Waals surface area contributed by atoms with E-state index in [1.54, 1.807) is 10.8 Å². The minimum atomic E-state index is -0.201. The largest absolute Gasteiger partial charge is 0.346 e. The molecule has 7 heteroatoms. The third-order valence-corrected chi connectivity index (χ3v) is 5.19. The number of benzene rings is 2. The lowest BCUT2D eigenvalue weighted by molar-refractivity contribution is 0.0944. The molecule has 2 heterocycles. The minimum absolute atomic E-state index is 0.201. The average molecular weight is 404 g/mol. The maximum Gasteiger partial charge on any atom is 0.270 e. The van der Waals surface area contributed by atoms with Gasteiger partial charge in [0.15, 0.2) is 4.77 Å². The van der Waals surface area contributed by atoms with Gasteiger partial charge in [0.25, 0.3) is 5.91 Å². The zero-order valence-corrected chi connectivity index (χ0v) is 17.0. The number of carbonyl (C=O) groups is 1. The number of hydrogen-bond donors (Lipinski definition) is 2. The summed E-state index contributed by atoms with van der Waals surface area (Å²) in [5.74, 6) is -0.201. The summed E-state index contributed by atoms with van der Waals surface area (Å²) in [5, 5.41) is 7.64. The van der Waals surface area contributed by atoms with Gasteiger partial charge in [0.05, 0.1) is 11.4 Å². The van der Waals surface area contributed by atoms with Gasteiger partial charge < -0.3 is 10.3 Å². The summed E-state index contributed by atoms with van der Waals surface area (Å²) in [6.07, 6.45) is 1.64. The minimum Gasteiger partial charge on any atom is -0.346 e. The number of imidazole rings is 1. The van der Waals surface area contributed by atoms with Crippen LogP contribution >= 0.6 is 12.2 Å². The van der Waals surface area contributed by atoms with Crippen LogP contribution in [-0.4, -0.2) is 25.2 Å². The second-order valence-electron chi connectivity index (χ2n) is 6.73. The number of H-pyrrole nitrogens is 1. The van der Waals surface area contributed by atoms with Crippen LogP contribution in [0.3, 0.4) is 0 Å². The van der Waals surface area contributed by atoms with E-state index in [4.69, 9.17) is 12.2 Å². The first-order valence-corrected chi connectivity index (χ1v) is 9.71. The number of carbonyl (C=O) groups excluding carboxylic acids is 1. The number of amides is 1. The third-order valence-electron chi connectivity index (χ3n) is 4.89.